The molecule has 1 aromatic heterocycles. The van der Waals surface area contributed by atoms with Crippen molar-refractivity contribution in [3.63, 3.8) is 0 Å². The van der Waals surface area contributed by atoms with Gasteiger partial charge in [-0.05, 0) is 48.7 Å². The molecule has 0 saturated heterocycles. The van der Waals surface area contributed by atoms with Crippen LogP contribution in [0, 0.1) is 6.92 Å². The molecule has 0 amide bonds. The zero-order valence-electron chi connectivity index (χ0n) is 11.0. The zero-order valence-corrected chi connectivity index (χ0v) is 11.0. The monoisotopic (exact) mass is 256 g/mol. The normalized spacial score (nSPS) is 10.2. The second kappa shape index (κ2) is 5.52. The number of aryl methyl sites for hydroxylation is 2. The summed E-state index contributed by atoms with van der Waals surface area (Å²) in [6, 6.07) is 9.36. The molecule has 4 heteroatoms. The first-order valence-electron chi connectivity index (χ1n) is 6.16. The highest BCUT2D eigenvalue weighted by atomic mass is 16.4. The van der Waals surface area contributed by atoms with Crippen LogP contribution in [-0.2, 0) is 6.42 Å². The van der Waals surface area contributed by atoms with Crippen LogP contribution in [0.5, 0.6) is 0 Å². The van der Waals surface area contributed by atoms with E-state index in [2.05, 4.69) is 36.3 Å². The van der Waals surface area contributed by atoms with E-state index in [0.29, 0.717) is 0 Å². The van der Waals surface area contributed by atoms with Crippen LogP contribution in [0.25, 0.3) is 0 Å². The Kier molecular flexibility index (Phi) is 3.80. The largest absolute Gasteiger partial charge is 0.477 e. The van der Waals surface area contributed by atoms with Gasteiger partial charge in [0.1, 0.15) is 5.69 Å². The van der Waals surface area contributed by atoms with Gasteiger partial charge in [0.2, 0.25) is 0 Å². The van der Waals surface area contributed by atoms with E-state index >= 15 is 0 Å². The Balaban J connectivity index is 2.19. The van der Waals surface area contributed by atoms with Crippen molar-refractivity contribution in [2.45, 2.75) is 20.3 Å². The first kappa shape index (κ1) is 13.1. The number of hydrogen-bond donors (Lipinski definition) is 2. The van der Waals surface area contributed by atoms with Crippen molar-refractivity contribution in [3.8, 4) is 0 Å². The number of carboxylic acids is 1. The second-order valence-electron chi connectivity index (χ2n) is 4.36. The van der Waals surface area contributed by atoms with E-state index in [1.807, 2.05) is 6.07 Å². The van der Waals surface area contributed by atoms with E-state index in [9.17, 15) is 4.79 Å². The summed E-state index contributed by atoms with van der Waals surface area (Å²) in [7, 11) is 0. The summed E-state index contributed by atoms with van der Waals surface area (Å²) in [6.45, 7) is 4.21. The minimum atomic E-state index is -1.02. The minimum Gasteiger partial charge on any atom is -0.477 e. The predicted molar refractivity (Wildman–Crippen MR) is 75.0 cm³/mol. The summed E-state index contributed by atoms with van der Waals surface area (Å²) in [4.78, 5) is 14.6. The maximum Gasteiger partial charge on any atom is 0.354 e. The number of pyridine rings is 1. The Morgan fingerprint density at radius 1 is 1.26 bits per heavy atom. The molecule has 0 aliphatic heterocycles. The molecule has 2 rings (SSSR count). The van der Waals surface area contributed by atoms with Gasteiger partial charge < -0.3 is 10.4 Å². The summed E-state index contributed by atoms with van der Waals surface area (Å²) in [5.74, 6) is -1.02. The molecule has 98 valence electrons. The van der Waals surface area contributed by atoms with Gasteiger partial charge in [0.25, 0.3) is 0 Å². The number of nitrogens with one attached hydrogen (secondary N) is 1. The van der Waals surface area contributed by atoms with Crippen molar-refractivity contribution >= 4 is 17.3 Å². The molecular formula is C15H16N2O2. The molecule has 0 radical (unpaired) electrons. The number of nitrogens with zero attached hydrogens (tertiary/aromatic N) is 1. The van der Waals surface area contributed by atoms with Crippen molar-refractivity contribution in [3.05, 3.63) is 53.3 Å². The van der Waals surface area contributed by atoms with Crippen LogP contribution in [-0.4, -0.2) is 16.1 Å². The van der Waals surface area contributed by atoms with Crippen LogP contribution in [0.1, 0.15) is 28.5 Å². The van der Waals surface area contributed by atoms with Gasteiger partial charge in [-0.15, -0.1) is 0 Å². The molecule has 0 aliphatic rings. The van der Waals surface area contributed by atoms with Crippen molar-refractivity contribution in [1.82, 2.24) is 4.98 Å². The molecule has 0 bridgehead atoms. The van der Waals surface area contributed by atoms with Crippen molar-refractivity contribution in [1.29, 1.82) is 0 Å². The first-order chi connectivity index (χ1) is 9.10. The van der Waals surface area contributed by atoms with E-state index in [0.717, 1.165) is 17.8 Å². The smallest absolute Gasteiger partial charge is 0.354 e. The highest BCUT2D eigenvalue weighted by molar-refractivity contribution is 5.85. The molecule has 0 fully saturated rings. The molecule has 1 heterocycles. The number of aromatic carboxylic acids is 1. The fourth-order valence-corrected chi connectivity index (χ4v) is 1.89. The molecule has 1 aromatic carbocycles. The number of rotatable bonds is 4. The predicted octanol–water partition coefficient (Wildman–Crippen LogP) is 3.39. The highest BCUT2D eigenvalue weighted by Gasteiger charge is 2.04. The molecule has 19 heavy (non-hydrogen) atoms. The average Bonchev–Trinajstić information content (AvgIpc) is 2.41. The van der Waals surface area contributed by atoms with Crippen LogP contribution in [0.3, 0.4) is 0 Å². The number of hydrogen-bond acceptors (Lipinski definition) is 3. The Morgan fingerprint density at radius 3 is 2.58 bits per heavy atom. The van der Waals surface area contributed by atoms with Gasteiger partial charge >= 0.3 is 5.97 Å². The maximum atomic E-state index is 10.7. The van der Waals surface area contributed by atoms with Crippen LogP contribution in [0.15, 0.2) is 36.5 Å². The topological polar surface area (TPSA) is 62.2 Å². The summed E-state index contributed by atoms with van der Waals surface area (Å²) in [6.07, 6.45) is 2.51. The third-order valence-electron chi connectivity index (χ3n) is 3.00. The molecular weight excluding hydrogens is 240 g/mol. The van der Waals surface area contributed by atoms with E-state index in [4.69, 9.17) is 5.11 Å². The minimum absolute atomic E-state index is 0.0451. The molecule has 0 spiro atoms. The summed E-state index contributed by atoms with van der Waals surface area (Å²) < 4.78 is 0. The van der Waals surface area contributed by atoms with Crippen LogP contribution >= 0.6 is 0 Å². The second-order valence-corrected chi connectivity index (χ2v) is 4.36. The van der Waals surface area contributed by atoms with Gasteiger partial charge in [-0.2, -0.15) is 0 Å². The Labute approximate surface area is 112 Å². The van der Waals surface area contributed by atoms with Gasteiger partial charge in [-0.25, -0.2) is 9.78 Å². The number of benzene rings is 1. The van der Waals surface area contributed by atoms with Crippen molar-refractivity contribution in [2.24, 2.45) is 0 Å². The average molecular weight is 256 g/mol. The van der Waals surface area contributed by atoms with E-state index in [1.54, 1.807) is 6.07 Å². The molecule has 0 saturated carbocycles. The number of carboxylic acid groups (broad SMARTS) is 1. The van der Waals surface area contributed by atoms with Gasteiger partial charge in [0.05, 0.1) is 11.9 Å². The van der Waals surface area contributed by atoms with Crippen molar-refractivity contribution in [2.75, 3.05) is 5.32 Å². The fraction of sp³-hybridized carbons (Fsp3) is 0.200. The van der Waals surface area contributed by atoms with Gasteiger partial charge in [0.15, 0.2) is 0 Å². The summed E-state index contributed by atoms with van der Waals surface area (Å²) in [5, 5.41) is 12.0. The lowest BCUT2D eigenvalue weighted by Crippen LogP contribution is -2.00. The molecule has 2 N–H and O–H groups in total. The molecule has 4 nitrogen and oxygen atoms in total. The number of aromatic nitrogens is 1. The standard InChI is InChI=1S/C15H16N2O2/c1-3-11-8-12(5-4-10(11)2)17-13-6-7-14(15(18)19)16-9-13/h4-9,17H,3H2,1-2H3,(H,18,19). The third kappa shape index (κ3) is 3.10. The SMILES string of the molecule is CCc1cc(Nc2ccc(C(=O)O)nc2)ccc1C. The Hall–Kier alpha value is -2.36. The molecule has 0 aliphatic carbocycles. The maximum absolute atomic E-state index is 10.7. The first-order valence-corrected chi connectivity index (χ1v) is 6.16. The molecule has 2 aromatic rings. The third-order valence-corrected chi connectivity index (χ3v) is 3.00. The number of carbonyl (C=O) groups is 1. The lowest BCUT2D eigenvalue weighted by molar-refractivity contribution is 0.0690. The zero-order chi connectivity index (χ0) is 13.8. The quantitative estimate of drug-likeness (QED) is 0.880. The van der Waals surface area contributed by atoms with Crippen LogP contribution in [0.2, 0.25) is 0 Å². The number of anilines is 2. The van der Waals surface area contributed by atoms with Gasteiger partial charge in [-0.1, -0.05) is 13.0 Å². The summed E-state index contributed by atoms with van der Waals surface area (Å²) in [5.41, 5.74) is 4.36. The van der Waals surface area contributed by atoms with Crippen LogP contribution < -0.4 is 5.32 Å². The van der Waals surface area contributed by atoms with E-state index < -0.39 is 5.97 Å². The summed E-state index contributed by atoms with van der Waals surface area (Å²) >= 11 is 0. The Bertz CT molecular complexity index is 592. The van der Waals surface area contributed by atoms with E-state index in [1.165, 1.54) is 23.4 Å². The van der Waals surface area contributed by atoms with Gasteiger partial charge in [0, 0.05) is 5.69 Å². The van der Waals surface area contributed by atoms with Crippen LogP contribution in [0.4, 0.5) is 11.4 Å². The molecule has 0 unspecified atom stereocenters. The lowest BCUT2D eigenvalue weighted by atomic mass is 10.1. The van der Waals surface area contributed by atoms with Gasteiger partial charge in [-0.3, -0.25) is 0 Å². The molecule has 0 atom stereocenters. The van der Waals surface area contributed by atoms with E-state index in [-0.39, 0.29) is 5.69 Å². The highest BCUT2D eigenvalue weighted by Crippen LogP contribution is 2.20. The Morgan fingerprint density at radius 2 is 2.00 bits per heavy atom. The fourth-order valence-electron chi connectivity index (χ4n) is 1.89. The van der Waals surface area contributed by atoms with Crippen molar-refractivity contribution < 1.29 is 9.90 Å². The lowest BCUT2D eigenvalue weighted by Gasteiger charge is -2.09.